The van der Waals surface area contributed by atoms with Gasteiger partial charge >= 0.3 is 5.97 Å². The molecule has 8 heteroatoms. The van der Waals surface area contributed by atoms with Crippen LogP contribution in [0.1, 0.15) is 29.1 Å². The Hall–Kier alpha value is -3.00. The lowest BCUT2D eigenvalue weighted by Crippen LogP contribution is -2.09. The number of rotatable bonds is 6. The first kappa shape index (κ1) is 17.4. The molecule has 0 fully saturated rings. The maximum atomic E-state index is 12.4. The van der Waals surface area contributed by atoms with Gasteiger partial charge < -0.3 is 24.3 Å². The van der Waals surface area contributed by atoms with Gasteiger partial charge in [-0.1, -0.05) is 11.3 Å². The topological polar surface area (TPSA) is 78.9 Å². The Morgan fingerprint density at radius 1 is 1.22 bits per heavy atom. The van der Waals surface area contributed by atoms with Crippen LogP contribution in [0.25, 0.3) is 10.2 Å². The van der Waals surface area contributed by atoms with Crippen molar-refractivity contribution in [2.45, 2.75) is 13.2 Å². The van der Waals surface area contributed by atoms with Crippen LogP contribution in [-0.4, -0.2) is 31.8 Å². The Bertz CT molecular complexity index is 1020. The Morgan fingerprint density at radius 3 is 2.81 bits per heavy atom. The van der Waals surface area contributed by atoms with E-state index in [0.717, 1.165) is 16.0 Å². The zero-order valence-electron chi connectivity index (χ0n) is 15.1. The van der Waals surface area contributed by atoms with Crippen molar-refractivity contribution in [3.05, 3.63) is 41.5 Å². The van der Waals surface area contributed by atoms with Crippen LogP contribution in [0.3, 0.4) is 0 Å². The third-order valence-electron chi connectivity index (χ3n) is 4.21. The van der Waals surface area contributed by atoms with Gasteiger partial charge in [-0.05, 0) is 37.3 Å². The zero-order chi connectivity index (χ0) is 19.0. The van der Waals surface area contributed by atoms with Crippen molar-refractivity contribution in [1.29, 1.82) is 0 Å². The van der Waals surface area contributed by atoms with Crippen LogP contribution in [0.5, 0.6) is 17.2 Å². The molecule has 7 nitrogen and oxygen atoms in total. The lowest BCUT2D eigenvalue weighted by atomic mass is 10.1. The monoisotopic (exact) mass is 386 g/mol. The molecule has 0 spiro atoms. The third kappa shape index (κ3) is 3.02. The van der Waals surface area contributed by atoms with Gasteiger partial charge in [-0.15, -0.1) is 0 Å². The molecule has 3 aromatic rings. The fourth-order valence-electron chi connectivity index (χ4n) is 3.04. The van der Waals surface area contributed by atoms with Gasteiger partial charge in [-0.25, -0.2) is 9.78 Å². The fraction of sp³-hybridized carbons (Fsp3) is 0.263. The van der Waals surface area contributed by atoms with Gasteiger partial charge in [0.15, 0.2) is 16.6 Å². The summed E-state index contributed by atoms with van der Waals surface area (Å²) in [6.45, 7) is 2.55. The summed E-state index contributed by atoms with van der Waals surface area (Å²) in [6, 6.07) is 9.28. The van der Waals surface area contributed by atoms with Crippen molar-refractivity contribution in [2.75, 3.05) is 26.1 Å². The van der Waals surface area contributed by atoms with E-state index >= 15 is 0 Å². The van der Waals surface area contributed by atoms with Crippen LogP contribution >= 0.6 is 11.3 Å². The average molecular weight is 386 g/mol. The third-order valence-corrected chi connectivity index (χ3v) is 5.16. The highest BCUT2D eigenvalue weighted by Crippen LogP contribution is 2.42. The van der Waals surface area contributed by atoms with E-state index in [1.54, 1.807) is 12.1 Å². The Kier molecular flexibility index (Phi) is 4.49. The van der Waals surface area contributed by atoms with Crippen LogP contribution in [0.4, 0.5) is 5.13 Å². The molecule has 1 atom stereocenters. The minimum absolute atomic E-state index is 0.370. The summed E-state index contributed by atoms with van der Waals surface area (Å²) in [6.07, 6.45) is -0.640. The first-order chi connectivity index (χ1) is 13.1. The van der Waals surface area contributed by atoms with Gasteiger partial charge in [-0.3, -0.25) is 0 Å². The molecule has 1 N–H and O–H groups in total. The van der Waals surface area contributed by atoms with E-state index in [1.165, 1.54) is 25.6 Å². The number of carbonyl (C=O) groups is 1. The van der Waals surface area contributed by atoms with Crippen LogP contribution in [0.15, 0.2) is 30.3 Å². The first-order valence-corrected chi connectivity index (χ1v) is 9.22. The van der Waals surface area contributed by atoms with Gasteiger partial charge in [0, 0.05) is 5.56 Å². The molecule has 2 aromatic carbocycles. The molecular formula is C19H18N2O5S. The van der Waals surface area contributed by atoms with Crippen LogP contribution in [0, 0.1) is 0 Å². The number of cyclic esters (lactones) is 1. The number of anilines is 1. The van der Waals surface area contributed by atoms with Gasteiger partial charge in [0.25, 0.3) is 0 Å². The Morgan fingerprint density at radius 2 is 2.07 bits per heavy atom. The number of esters is 1. The molecule has 0 saturated heterocycles. The van der Waals surface area contributed by atoms with Crippen LogP contribution < -0.4 is 19.5 Å². The molecule has 0 radical (unpaired) electrons. The van der Waals surface area contributed by atoms with Crippen LogP contribution in [-0.2, 0) is 4.74 Å². The second kappa shape index (κ2) is 6.96. The molecule has 4 rings (SSSR count). The molecule has 0 bridgehead atoms. The number of nitrogens with one attached hydrogen (secondary N) is 1. The molecular weight excluding hydrogens is 368 g/mol. The van der Waals surface area contributed by atoms with E-state index in [9.17, 15) is 4.79 Å². The molecule has 1 aliphatic rings. The first-order valence-electron chi connectivity index (χ1n) is 8.40. The number of nitrogens with zero attached hydrogens (tertiary/aromatic N) is 1. The van der Waals surface area contributed by atoms with Crippen molar-refractivity contribution in [3.63, 3.8) is 0 Å². The predicted molar refractivity (Wildman–Crippen MR) is 102 cm³/mol. The van der Waals surface area contributed by atoms with Gasteiger partial charge in [0.1, 0.15) is 11.3 Å². The molecule has 2 heterocycles. The normalized spacial score (nSPS) is 15.4. The Balaban J connectivity index is 1.65. The van der Waals surface area contributed by atoms with E-state index in [1.807, 2.05) is 25.1 Å². The molecule has 1 aromatic heterocycles. The van der Waals surface area contributed by atoms with E-state index in [0.29, 0.717) is 34.4 Å². The van der Waals surface area contributed by atoms with Crippen molar-refractivity contribution < 1.29 is 23.7 Å². The fourth-order valence-corrected chi connectivity index (χ4v) is 3.95. The van der Waals surface area contributed by atoms with Crippen molar-refractivity contribution in [2.24, 2.45) is 0 Å². The summed E-state index contributed by atoms with van der Waals surface area (Å²) in [7, 11) is 3.02. The highest BCUT2D eigenvalue weighted by molar-refractivity contribution is 7.22. The molecule has 27 heavy (non-hydrogen) atoms. The predicted octanol–water partition coefficient (Wildman–Crippen LogP) is 3.99. The highest BCUT2D eigenvalue weighted by Gasteiger charge is 2.36. The van der Waals surface area contributed by atoms with E-state index < -0.39 is 12.2 Å². The van der Waals surface area contributed by atoms with E-state index in [-0.39, 0.29) is 0 Å². The summed E-state index contributed by atoms with van der Waals surface area (Å²) in [5.74, 6) is 1.19. The summed E-state index contributed by atoms with van der Waals surface area (Å²) >= 11 is 1.47. The number of thiazole rings is 1. The summed E-state index contributed by atoms with van der Waals surface area (Å²) in [5.41, 5.74) is 1.91. The number of hydrogen-bond acceptors (Lipinski definition) is 8. The number of fused-ring (bicyclic) bond motifs is 2. The van der Waals surface area contributed by atoms with Crippen molar-refractivity contribution in [1.82, 2.24) is 4.98 Å². The summed E-state index contributed by atoms with van der Waals surface area (Å²) < 4.78 is 22.6. The van der Waals surface area contributed by atoms with Crippen molar-refractivity contribution >= 4 is 32.7 Å². The number of methoxy groups -OCH3 is 2. The quantitative estimate of drug-likeness (QED) is 0.642. The number of aromatic nitrogens is 1. The highest BCUT2D eigenvalue weighted by atomic mass is 32.1. The maximum absolute atomic E-state index is 12.4. The number of carbonyl (C=O) groups excluding carboxylic acids is 1. The number of hydrogen-bond donors (Lipinski definition) is 1. The largest absolute Gasteiger partial charge is 0.494 e. The number of ether oxygens (including phenoxy) is 4. The van der Waals surface area contributed by atoms with Gasteiger partial charge in [0.2, 0.25) is 6.23 Å². The summed E-state index contributed by atoms with van der Waals surface area (Å²) in [5, 5.41) is 3.84. The van der Waals surface area contributed by atoms with Crippen LogP contribution in [0.2, 0.25) is 0 Å². The second-order valence-electron chi connectivity index (χ2n) is 5.78. The molecule has 0 amide bonds. The van der Waals surface area contributed by atoms with Gasteiger partial charge in [-0.2, -0.15) is 0 Å². The molecule has 140 valence electrons. The van der Waals surface area contributed by atoms with Crippen molar-refractivity contribution in [3.8, 4) is 17.2 Å². The zero-order valence-corrected chi connectivity index (χ0v) is 15.9. The lowest BCUT2D eigenvalue weighted by molar-refractivity contribution is 0.0435. The molecule has 0 unspecified atom stereocenters. The molecule has 1 aliphatic heterocycles. The number of benzene rings is 2. The van der Waals surface area contributed by atoms with E-state index in [2.05, 4.69) is 10.3 Å². The SMILES string of the molecule is CCOc1ccc2nc(N[C@H]3OC(=O)c4c3ccc(OC)c4OC)sc2c1. The maximum Gasteiger partial charge on any atom is 0.344 e. The summed E-state index contributed by atoms with van der Waals surface area (Å²) in [4.78, 5) is 16.9. The minimum atomic E-state index is -0.640. The second-order valence-corrected chi connectivity index (χ2v) is 6.81. The minimum Gasteiger partial charge on any atom is -0.494 e. The standard InChI is InChI=1S/C19H18N2O5S/c1-4-25-10-5-7-12-14(9-10)27-19(20-12)21-17-11-6-8-13(23-2)16(24-3)15(11)18(22)26-17/h5-9,17H,4H2,1-3H3,(H,20,21)/t17-/m0/s1. The lowest BCUT2D eigenvalue weighted by Gasteiger charge is -2.13. The molecule has 0 saturated carbocycles. The smallest absolute Gasteiger partial charge is 0.344 e. The van der Waals surface area contributed by atoms with Gasteiger partial charge in [0.05, 0.1) is 31.0 Å². The Labute approximate surface area is 159 Å². The average Bonchev–Trinajstić information content (AvgIpc) is 3.21. The van der Waals surface area contributed by atoms with E-state index in [4.69, 9.17) is 18.9 Å². The molecule has 0 aliphatic carbocycles.